The van der Waals surface area contributed by atoms with Gasteiger partial charge in [-0.3, -0.25) is 9.59 Å². The summed E-state index contributed by atoms with van der Waals surface area (Å²) in [7, 11) is 0. The highest BCUT2D eigenvalue weighted by Crippen LogP contribution is 2.33. The number of halogens is 1. The molecule has 0 aliphatic carbocycles. The second-order valence-electron chi connectivity index (χ2n) is 5.87. The lowest BCUT2D eigenvalue weighted by molar-refractivity contribution is -0.137. The van der Waals surface area contributed by atoms with Crippen LogP contribution in [0.15, 0.2) is 0 Å². The number of rotatable bonds is 9. The van der Waals surface area contributed by atoms with Crippen LogP contribution in [0.25, 0.3) is 0 Å². The molecule has 2 rings (SSSR count). The fourth-order valence-corrected chi connectivity index (χ4v) is 4.60. The van der Waals surface area contributed by atoms with Crippen molar-refractivity contribution in [1.29, 1.82) is 0 Å². The minimum atomic E-state index is -0.729. The van der Waals surface area contributed by atoms with E-state index in [-0.39, 0.29) is 30.4 Å². The minimum Gasteiger partial charge on any atom is -0.481 e. The molecule has 3 amide bonds. The molecule has 2 aliphatic rings. The Morgan fingerprint density at radius 2 is 1.92 bits per heavy atom. The Hall–Kier alpha value is -0.960. The van der Waals surface area contributed by atoms with Gasteiger partial charge in [0.2, 0.25) is 5.91 Å². The third-order valence-corrected chi connectivity index (χ3v) is 5.94. The third kappa shape index (κ3) is 8.23. The summed E-state index contributed by atoms with van der Waals surface area (Å²) in [5.41, 5.74) is 4.88. The normalized spacial score (nSPS) is 24.4. The summed E-state index contributed by atoms with van der Waals surface area (Å²) in [6.45, 7) is 0. The van der Waals surface area contributed by atoms with Crippen molar-refractivity contribution in [2.24, 2.45) is 5.73 Å². The lowest BCUT2D eigenvalue weighted by Crippen LogP contribution is -2.36. The molecule has 3 atom stereocenters. The van der Waals surface area contributed by atoms with Gasteiger partial charge in [0, 0.05) is 29.2 Å². The van der Waals surface area contributed by atoms with E-state index in [0.717, 1.165) is 43.2 Å². The molecule has 0 unspecified atom stereocenters. The SMILES string of the molecule is NC(=O)CCCCBr.O=C(O)CCCC[C@@H]1SC[C@@H]2NC(=O)N[C@@H]21. The molecular weight excluding hydrogens is 398 g/mol. The van der Waals surface area contributed by atoms with Crippen LogP contribution in [0.5, 0.6) is 0 Å². The lowest BCUT2D eigenvalue weighted by Gasteiger charge is -2.16. The van der Waals surface area contributed by atoms with Crippen molar-refractivity contribution in [1.82, 2.24) is 10.6 Å². The monoisotopic (exact) mass is 423 g/mol. The van der Waals surface area contributed by atoms with Crippen LogP contribution >= 0.6 is 27.7 Å². The van der Waals surface area contributed by atoms with Crippen molar-refractivity contribution < 1.29 is 19.5 Å². The number of hydrogen-bond donors (Lipinski definition) is 4. The molecule has 0 radical (unpaired) electrons. The average molecular weight is 424 g/mol. The number of primary amides is 1. The summed E-state index contributed by atoms with van der Waals surface area (Å²) in [5.74, 6) is 0.0336. The number of fused-ring (bicyclic) bond motifs is 1. The topological polar surface area (TPSA) is 122 Å². The number of aliphatic carboxylic acids is 1. The minimum absolute atomic E-state index is 0.0640. The van der Waals surface area contributed by atoms with E-state index in [2.05, 4.69) is 26.6 Å². The molecule has 7 nitrogen and oxygen atoms in total. The van der Waals surface area contributed by atoms with Gasteiger partial charge in [-0.05, 0) is 25.7 Å². The molecule has 0 spiro atoms. The van der Waals surface area contributed by atoms with Gasteiger partial charge in [0.25, 0.3) is 0 Å². The van der Waals surface area contributed by atoms with Crippen molar-refractivity contribution in [2.75, 3.05) is 11.1 Å². The van der Waals surface area contributed by atoms with Gasteiger partial charge < -0.3 is 21.5 Å². The van der Waals surface area contributed by atoms with Crippen LogP contribution in [0.2, 0.25) is 0 Å². The van der Waals surface area contributed by atoms with E-state index in [4.69, 9.17) is 10.8 Å². The maximum absolute atomic E-state index is 11.1. The Morgan fingerprint density at radius 3 is 2.54 bits per heavy atom. The van der Waals surface area contributed by atoms with Gasteiger partial charge in [0.1, 0.15) is 0 Å². The van der Waals surface area contributed by atoms with Gasteiger partial charge in [0.05, 0.1) is 12.1 Å². The second kappa shape index (κ2) is 11.6. The molecule has 0 aromatic heterocycles. The highest BCUT2D eigenvalue weighted by Gasteiger charge is 2.42. The van der Waals surface area contributed by atoms with Crippen LogP contribution in [-0.2, 0) is 9.59 Å². The lowest BCUT2D eigenvalue weighted by atomic mass is 10.0. The highest BCUT2D eigenvalue weighted by atomic mass is 79.9. The number of alkyl halides is 1. The molecule has 5 N–H and O–H groups in total. The fourth-order valence-electron chi connectivity index (χ4n) is 2.66. The number of nitrogens with one attached hydrogen (secondary N) is 2. The first-order valence-corrected chi connectivity index (χ1v) is 10.4. The molecule has 24 heavy (non-hydrogen) atoms. The first kappa shape index (κ1) is 21.1. The average Bonchev–Trinajstić information content (AvgIpc) is 3.04. The molecule has 0 aromatic rings. The van der Waals surface area contributed by atoms with Gasteiger partial charge >= 0.3 is 12.0 Å². The molecule has 0 saturated carbocycles. The standard InChI is InChI=1S/C10H16N2O3S.C5H10BrNO/c13-8(14)4-2-1-3-7-9-6(5-16-7)11-10(15)12-9;6-4-2-1-3-5(7)8/h6-7,9H,1-5H2,(H,13,14)(H2,11,12,15);1-4H2,(H2,7,8)/t6-,7-,9-;/m0./s1. The van der Waals surface area contributed by atoms with E-state index in [1.807, 2.05) is 11.8 Å². The Morgan fingerprint density at radius 1 is 1.21 bits per heavy atom. The maximum Gasteiger partial charge on any atom is 0.315 e. The van der Waals surface area contributed by atoms with E-state index >= 15 is 0 Å². The number of unbranched alkanes of at least 4 members (excludes halogenated alkanes) is 2. The first-order chi connectivity index (χ1) is 11.4. The number of urea groups is 1. The number of amides is 3. The summed E-state index contributed by atoms with van der Waals surface area (Å²) >= 11 is 5.12. The molecular formula is C15H26BrN3O4S. The number of nitrogens with two attached hydrogens (primary N) is 1. The van der Waals surface area contributed by atoms with Crippen molar-refractivity contribution in [3.05, 3.63) is 0 Å². The summed E-state index contributed by atoms with van der Waals surface area (Å²) < 4.78 is 0. The van der Waals surface area contributed by atoms with Crippen molar-refractivity contribution in [3.63, 3.8) is 0 Å². The number of carbonyl (C=O) groups is 3. The zero-order valence-electron chi connectivity index (χ0n) is 13.6. The van der Waals surface area contributed by atoms with Gasteiger partial charge in [-0.1, -0.05) is 22.4 Å². The summed E-state index contributed by atoms with van der Waals surface area (Å²) in [4.78, 5) is 31.5. The second-order valence-corrected chi connectivity index (χ2v) is 7.94. The Bertz CT molecular complexity index is 439. The van der Waals surface area contributed by atoms with E-state index in [1.165, 1.54) is 0 Å². The van der Waals surface area contributed by atoms with Gasteiger partial charge in [-0.15, -0.1) is 0 Å². The van der Waals surface area contributed by atoms with Gasteiger partial charge in [-0.25, -0.2) is 4.79 Å². The van der Waals surface area contributed by atoms with Crippen LogP contribution in [-0.4, -0.2) is 51.4 Å². The van der Waals surface area contributed by atoms with Crippen LogP contribution in [0.1, 0.15) is 44.9 Å². The highest BCUT2D eigenvalue weighted by molar-refractivity contribution is 9.09. The van der Waals surface area contributed by atoms with Crippen molar-refractivity contribution >= 4 is 45.6 Å². The quantitative estimate of drug-likeness (QED) is 0.256. The zero-order chi connectivity index (χ0) is 17.9. The molecule has 2 heterocycles. The summed E-state index contributed by atoms with van der Waals surface area (Å²) in [5, 5.41) is 15.7. The molecule has 0 bridgehead atoms. The molecule has 2 fully saturated rings. The van der Waals surface area contributed by atoms with Crippen LogP contribution in [0.4, 0.5) is 4.79 Å². The van der Waals surface area contributed by atoms with E-state index in [9.17, 15) is 14.4 Å². The molecule has 138 valence electrons. The largest absolute Gasteiger partial charge is 0.481 e. The van der Waals surface area contributed by atoms with E-state index in [1.54, 1.807) is 0 Å². The number of hydrogen-bond acceptors (Lipinski definition) is 4. The van der Waals surface area contributed by atoms with Gasteiger partial charge in [-0.2, -0.15) is 11.8 Å². The summed E-state index contributed by atoms with van der Waals surface area (Å²) in [6, 6.07) is 0.440. The van der Waals surface area contributed by atoms with Crippen LogP contribution in [0, 0.1) is 0 Å². The molecule has 2 aliphatic heterocycles. The smallest absolute Gasteiger partial charge is 0.315 e. The predicted octanol–water partition coefficient (Wildman–Crippen LogP) is 1.83. The number of carboxylic acid groups (broad SMARTS) is 1. The molecule has 2 saturated heterocycles. The molecule has 0 aromatic carbocycles. The fraction of sp³-hybridized carbons (Fsp3) is 0.800. The van der Waals surface area contributed by atoms with Crippen molar-refractivity contribution in [3.8, 4) is 0 Å². The summed E-state index contributed by atoms with van der Waals surface area (Å²) in [6.07, 6.45) is 5.33. The first-order valence-electron chi connectivity index (χ1n) is 8.18. The number of carboxylic acids is 1. The van der Waals surface area contributed by atoms with Crippen LogP contribution in [0.3, 0.4) is 0 Å². The Balaban J connectivity index is 0.000000307. The predicted molar refractivity (Wildman–Crippen MR) is 98.4 cm³/mol. The van der Waals surface area contributed by atoms with Crippen LogP contribution < -0.4 is 16.4 Å². The Labute approximate surface area is 155 Å². The molecule has 9 heteroatoms. The van der Waals surface area contributed by atoms with E-state index < -0.39 is 5.97 Å². The third-order valence-electron chi connectivity index (χ3n) is 3.87. The van der Waals surface area contributed by atoms with Gasteiger partial charge in [0.15, 0.2) is 0 Å². The number of thioether (sulfide) groups is 1. The van der Waals surface area contributed by atoms with E-state index in [0.29, 0.717) is 11.7 Å². The number of carbonyl (C=O) groups excluding carboxylic acids is 2. The maximum atomic E-state index is 11.1. The van der Waals surface area contributed by atoms with Crippen molar-refractivity contribution in [2.45, 2.75) is 62.3 Å². The zero-order valence-corrected chi connectivity index (χ0v) is 16.0. The Kier molecular flexibility index (Phi) is 10.2.